The summed E-state index contributed by atoms with van der Waals surface area (Å²) < 4.78 is 38.0. The zero-order valence-electron chi connectivity index (χ0n) is 8.33. The lowest BCUT2D eigenvalue weighted by Crippen LogP contribution is -2.31. The number of halogens is 3. The van der Waals surface area contributed by atoms with Gasteiger partial charge in [0.15, 0.2) is 0 Å². The van der Waals surface area contributed by atoms with Gasteiger partial charge in [-0.15, -0.1) is 0 Å². The maximum absolute atomic E-state index is 12.7. The third kappa shape index (κ3) is 2.96. The van der Waals surface area contributed by atoms with Gasteiger partial charge in [-0.3, -0.25) is 0 Å². The SMILES string of the molecule is CC[C@@H](O)[C@@H](c1ccccc1)C(F)(F)F. The van der Waals surface area contributed by atoms with E-state index in [2.05, 4.69) is 0 Å². The first kappa shape index (κ1) is 12.0. The monoisotopic (exact) mass is 218 g/mol. The van der Waals surface area contributed by atoms with Gasteiger partial charge in [0.2, 0.25) is 0 Å². The van der Waals surface area contributed by atoms with Crippen molar-refractivity contribution in [2.45, 2.75) is 31.5 Å². The van der Waals surface area contributed by atoms with Crippen LogP contribution in [0.2, 0.25) is 0 Å². The summed E-state index contributed by atoms with van der Waals surface area (Å²) in [7, 11) is 0. The molecular weight excluding hydrogens is 205 g/mol. The Kier molecular flexibility index (Phi) is 3.74. The zero-order chi connectivity index (χ0) is 11.5. The Labute approximate surface area is 86.5 Å². The van der Waals surface area contributed by atoms with Gasteiger partial charge < -0.3 is 5.11 Å². The summed E-state index contributed by atoms with van der Waals surface area (Å²) in [6.07, 6.45) is -5.71. The van der Waals surface area contributed by atoms with Crippen LogP contribution in [0.3, 0.4) is 0 Å². The van der Waals surface area contributed by atoms with E-state index in [1.165, 1.54) is 31.2 Å². The molecule has 0 aromatic heterocycles. The van der Waals surface area contributed by atoms with Crippen LogP contribution in [0.4, 0.5) is 13.2 Å². The van der Waals surface area contributed by atoms with E-state index < -0.39 is 18.2 Å². The first-order chi connectivity index (χ1) is 6.96. The van der Waals surface area contributed by atoms with Gasteiger partial charge in [-0.1, -0.05) is 37.3 Å². The second-order valence-electron chi connectivity index (χ2n) is 3.41. The first-order valence-electron chi connectivity index (χ1n) is 4.76. The van der Waals surface area contributed by atoms with E-state index in [1.807, 2.05) is 0 Å². The summed E-state index contributed by atoms with van der Waals surface area (Å²) in [5, 5.41) is 9.39. The summed E-state index contributed by atoms with van der Waals surface area (Å²) in [6, 6.07) is 7.50. The van der Waals surface area contributed by atoms with Gasteiger partial charge in [0.1, 0.15) is 5.92 Å². The molecule has 0 fully saturated rings. The highest BCUT2D eigenvalue weighted by Gasteiger charge is 2.44. The van der Waals surface area contributed by atoms with Crippen molar-refractivity contribution < 1.29 is 18.3 Å². The number of benzene rings is 1. The third-order valence-electron chi connectivity index (χ3n) is 2.31. The van der Waals surface area contributed by atoms with Crippen molar-refractivity contribution in [1.29, 1.82) is 0 Å². The Hall–Kier alpha value is -1.03. The number of aliphatic hydroxyl groups excluding tert-OH is 1. The fourth-order valence-electron chi connectivity index (χ4n) is 1.53. The number of alkyl halides is 3. The van der Waals surface area contributed by atoms with Gasteiger partial charge in [-0.25, -0.2) is 0 Å². The highest BCUT2D eigenvalue weighted by molar-refractivity contribution is 5.22. The molecule has 0 amide bonds. The van der Waals surface area contributed by atoms with Crippen LogP contribution in [0.15, 0.2) is 30.3 Å². The summed E-state index contributed by atoms with van der Waals surface area (Å²) >= 11 is 0. The smallest absolute Gasteiger partial charge is 0.392 e. The fourth-order valence-corrected chi connectivity index (χ4v) is 1.53. The predicted octanol–water partition coefficient (Wildman–Crippen LogP) is 3.10. The number of aliphatic hydroxyl groups is 1. The van der Waals surface area contributed by atoms with Crippen molar-refractivity contribution in [1.82, 2.24) is 0 Å². The van der Waals surface area contributed by atoms with Gasteiger partial charge >= 0.3 is 6.18 Å². The van der Waals surface area contributed by atoms with Crippen molar-refractivity contribution in [2.24, 2.45) is 0 Å². The fraction of sp³-hybridized carbons (Fsp3) is 0.455. The van der Waals surface area contributed by atoms with Crippen LogP contribution in [0, 0.1) is 0 Å². The minimum absolute atomic E-state index is 0.0824. The highest BCUT2D eigenvalue weighted by Crippen LogP contribution is 2.38. The number of hydrogen-bond donors (Lipinski definition) is 1. The minimum Gasteiger partial charge on any atom is -0.392 e. The number of rotatable bonds is 3. The van der Waals surface area contributed by atoms with Crippen LogP contribution in [-0.2, 0) is 0 Å². The molecule has 0 aliphatic rings. The molecule has 4 heteroatoms. The van der Waals surface area contributed by atoms with Gasteiger partial charge in [-0.05, 0) is 12.0 Å². The molecule has 84 valence electrons. The Balaban J connectivity index is 3.02. The van der Waals surface area contributed by atoms with Crippen LogP contribution in [-0.4, -0.2) is 17.4 Å². The van der Waals surface area contributed by atoms with E-state index in [4.69, 9.17) is 0 Å². The van der Waals surface area contributed by atoms with Gasteiger partial charge in [0.05, 0.1) is 6.10 Å². The van der Waals surface area contributed by atoms with Gasteiger partial charge in [0, 0.05) is 0 Å². The maximum atomic E-state index is 12.7. The van der Waals surface area contributed by atoms with Crippen LogP contribution in [0.1, 0.15) is 24.8 Å². The van der Waals surface area contributed by atoms with Crippen LogP contribution < -0.4 is 0 Å². The molecule has 1 aromatic carbocycles. The van der Waals surface area contributed by atoms with Crippen molar-refractivity contribution in [3.05, 3.63) is 35.9 Å². The molecule has 1 aromatic rings. The molecule has 0 aliphatic carbocycles. The van der Waals surface area contributed by atoms with E-state index in [-0.39, 0.29) is 12.0 Å². The van der Waals surface area contributed by atoms with E-state index in [9.17, 15) is 18.3 Å². The molecule has 2 atom stereocenters. The quantitative estimate of drug-likeness (QED) is 0.826. The lowest BCUT2D eigenvalue weighted by Gasteiger charge is -2.24. The average Bonchev–Trinajstić information content (AvgIpc) is 2.17. The Morgan fingerprint density at radius 1 is 1.20 bits per heavy atom. The largest absolute Gasteiger partial charge is 0.398 e. The predicted molar refractivity (Wildman–Crippen MR) is 51.5 cm³/mol. The molecule has 1 rings (SSSR count). The molecule has 1 N–H and O–H groups in total. The number of hydrogen-bond acceptors (Lipinski definition) is 1. The highest BCUT2D eigenvalue weighted by atomic mass is 19.4. The molecule has 0 bridgehead atoms. The Morgan fingerprint density at radius 3 is 2.13 bits per heavy atom. The second kappa shape index (κ2) is 4.66. The molecule has 15 heavy (non-hydrogen) atoms. The van der Waals surface area contributed by atoms with Crippen molar-refractivity contribution >= 4 is 0 Å². The summed E-state index contributed by atoms with van der Waals surface area (Å²) in [5.74, 6) is -1.79. The molecule has 0 saturated heterocycles. The van der Waals surface area contributed by atoms with E-state index in [0.29, 0.717) is 0 Å². The van der Waals surface area contributed by atoms with Crippen LogP contribution >= 0.6 is 0 Å². The van der Waals surface area contributed by atoms with Gasteiger partial charge in [-0.2, -0.15) is 13.2 Å². The first-order valence-corrected chi connectivity index (χ1v) is 4.76. The topological polar surface area (TPSA) is 20.2 Å². The molecular formula is C11H13F3O. The van der Waals surface area contributed by atoms with Crippen LogP contribution in [0.5, 0.6) is 0 Å². The summed E-state index contributed by atoms with van der Waals surface area (Å²) in [4.78, 5) is 0. The standard InChI is InChI=1S/C11H13F3O/c1-2-9(15)10(11(12,13)14)8-6-4-3-5-7-8/h3-7,9-10,15H,2H2,1H3/t9-,10-/m1/s1. The minimum atomic E-state index is -4.41. The maximum Gasteiger partial charge on any atom is 0.398 e. The summed E-state index contributed by atoms with van der Waals surface area (Å²) in [6.45, 7) is 1.53. The zero-order valence-corrected chi connectivity index (χ0v) is 8.33. The molecule has 0 saturated carbocycles. The van der Waals surface area contributed by atoms with E-state index in [1.54, 1.807) is 6.07 Å². The van der Waals surface area contributed by atoms with Crippen LogP contribution in [0.25, 0.3) is 0 Å². The van der Waals surface area contributed by atoms with Gasteiger partial charge in [0.25, 0.3) is 0 Å². The Bertz CT molecular complexity index is 294. The Morgan fingerprint density at radius 2 is 1.73 bits per heavy atom. The molecule has 0 radical (unpaired) electrons. The van der Waals surface area contributed by atoms with Crippen molar-refractivity contribution in [3.63, 3.8) is 0 Å². The lowest BCUT2D eigenvalue weighted by atomic mass is 9.91. The lowest BCUT2D eigenvalue weighted by molar-refractivity contribution is -0.172. The van der Waals surface area contributed by atoms with Crippen molar-refractivity contribution in [2.75, 3.05) is 0 Å². The molecule has 0 unspecified atom stereocenters. The van der Waals surface area contributed by atoms with E-state index in [0.717, 1.165) is 0 Å². The summed E-state index contributed by atoms with van der Waals surface area (Å²) in [5.41, 5.74) is 0.111. The molecule has 0 aliphatic heterocycles. The average molecular weight is 218 g/mol. The van der Waals surface area contributed by atoms with Crippen molar-refractivity contribution in [3.8, 4) is 0 Å². The second-order valence-corrected chi connectivity index (χ2v) is 3.41. The molecule has 0 spiro atoms. The molecule has 0 heterocycles. The molecule has 1 nitrogen and oxygen atoms in total. The normalized spacial score (nSPS) is 16.1. The van der Waals surface area contributed by atoms with E-state index >= 15 is 0 Å². The third-order valence-corrected chi connectivity index (χ3v) is 2.31.